The lowest BCUT2D eigenvalue weighted by Gasteiger charge is -2.17. The zero-order valence-electron chi connectivity index (χ0n) is 11.9. The topological polar surface area (TPSA) is 52.6 Å². The number of carbonyl (C=O) groups excluding carboxylic acids is 2. The van der Waals surface area contributed by atoms with E-state index in [4.69, 9.17) is 9.47 Å². The molecule has 0 aliphatic carbocycles. The Morgan fingerprint density at radius 2 is 1.57 bits per heavy atom. The van der Waals surface area contributed by atoms with Gasteiger partial charge in [-0.15, -0.1) is 0 Å². The maximum atomic E-state index is 11.9. The minimum atomic E-state index is -0.834. The van der Waals surface area contributed by atoms with Crippen molar-refractivity contribution in [3.05, 3.63) is 65.7 Å². The summed E-state index contributed by atoms with van der Waals surface area (Å²) in [4.78, 5) is 23.1. The van der Waals surface area contributed by atoms with Gasteiger partial charge in [-0.25, -0.2) is 4.79 Å². The molecule has 0 heterocycles. The van der Waals surface area contributed by atoms with Crippen molar-refractivity contribution in [2.75, 3.05) is 7.11 Å². The number of ketones is 1. The molecule has 0 saturated carbocycles. The predicted molar refractivity (Wildman–Crippen MR) is 78.3 cm³/mol. The van der Waals surface area contributed by atoms with Gasteiger partial charge in [0.25, 0.3) is 0 Å². The first kappa shape index (κ1) is 14.8. The molecule has 1 unspecified atom stereocenters. The number of methoxy groups -OCH3 is 1. The van der Waals surface area contributed by atoms with Crippen LogP contribution in [0.15, 0.2) is 54.6 Å². The van der Waals surface area contributed by atoms with Gasteiger partial charge in [0, 0.05) is 11.1 Å². The smallest absolute Gasteiger partial charge is 0.351 e. The highest BCUT2D eigenvalue weighted by Gasteiger charge is 2.23. The van der Waals surface area contributed by atoms with Crippen LogP contribution in [0.3, 0.4) is 0 Å². The summed E-state index contributed by atoms with van der Waals surface area (Å²) < 4.78 is 10.5. The Bertz CT molecular complexity index is 617. The standard InChI is InChI=1S/C17H16O4/c1-12(18)13-8-10-15(11-9-13)21-16(17(19)20-2)14-6-4-3-5-7-14/h3-11,16H,1-2H3. The molecule has 108 valence electrons. The Kier molecular flexibility index (Phi) is 4.72. The molecule has 0 saturated heterocycles. The first-order chi connectivity index (χ1) is 10.1. The summed E-state index contributed by atoms with van der Waals surface area (Å²) in [5.74, 6) is 0.00484. The average molecular weight is 284 g/mol. The average Bonchev–Trinajstić information content (AvgIpc) is 2.53. The van der Waals surface area contributed by atoms with Crippen LogP contribution >= 0.6 is 0 Å². The third-order valence-corrected chi connectivity index (χ3v) is 3.03. The molecule has 2 aromatic rings. The van der Waals surface area contributed by atoms with E-state index in [-0.39, 0.29) is 5.78 Å². The highest BCUT2D eigenvalue weighted by Crippen LogP contribution is 2.23. The normalized spacial score (nSPS) is 11.5. The van der Waals surface area contributed by atoms with Crippen molar-refractivity contribution in [1.29, 1.82) is 0 Å². The Labute approximate surface area is 123 Å². The fourth-order valence-corrected chi connectivity index (χ4v) is 1.89. The van der Waals surface area contributed by atoms with Crippen LogP contribution < -0.4 is 4.74 Å². The third kappa shape index (κ3) is 3.69. The van der Waals surface area contributed by atoms with E-state index >= 15 is 0 Å². The first-order valence-corrected chi connectivity index (χ1v) is 6.52. The van der Waals surface area contributed by atoms with E-state index in [0.717, 1.165) is 0 Å². The van der Waals surface area contributed by atoms with Gasteiger partial charge in [0.1, 0.15) is 5.75 Å². The van der Waals surface area contributed by atoms with Gasteiger partial charge in [0.05, 0.1) is 7.11 Å². The predicted octanol–water partition coefficient (Wildman–Crippen LogP) is 3.18. The first-order valence-electron chi connectivity index (χ1n) is 6.52. The second-order valence-corrected chi connectivity index (χ2v) is 4.51. The van der Waals surface area contributed by atoms with Gasteiger partial charge in [0.15, 0.2) is 5.78 Å². The molecular weight excluding hydrogens is 268 g/mol. The van der Waals surface area contributed by atoms with Gasteiger partial charge >= 0.3 is 5.97 Å². The molecule has 0 aliphatic rings. The van der Waals surface area contributed by atoms with E-state index in [1.54, 1.807) is 36.4 Å². The van der Waals surface area contributed by atoms with E-state index in [9.17, 15) is 9.59 Å². The molecule has 0 N–H and O–H groups in total. The van der Waals surface area contributed by atoms with Crippen LogP contribution in [-0.4, -0.2) is 18.9 Å². The second kappa shape index (κ2) is 6.70. The summed E-state index contributed by atoms with van der Waals surface area (Å²) in [5, 5.41) is 0. The van der Waals surface area contributed by atoms with E-state index in [1.165, 1.54) is 14.0 Å². The Hall–Kier alpha value is -2.62. The van der Waals surface area contributed by atoms with Gasteiger partial charge < -0.3 is 9.47 Å². The Morgan fingerprint density at radius 1 is 0.952 bits per heavy atom. The molecule has 0 aliphatic heterocycles. The number of Topliss-reactive ketones (excluding diaryl/α,β-unsaturated/α-hetero) is 1. The van der Waals surface area contributed by atoms with Crippen molar-refractivity contribution < 1.29 is 19.1 Å². The molecule has 2 rings (SSSR count). The van der Waals surface area contributed by atoms with Crippen molar-refractivity contribution in [3.63, 3.8) is 0 Å². The van der Waals surface area contributed by atoms with Crippen LogP contribution in [0.25, 0.3) is 0 Å². The molecule has 21 heavy (non-hydrogen) atoms. The van der Waals surface area contributed by atoms with Crippen LogP contribution in [0.2, 0.25) is 0 Å². The summed E-state index contributed by atoms with van der Waals surface area (Å²) in [7, 11) is 1.32. The van der Waals surface area contributed by atoms with Gasteiger partial charge in [-0.2, -0.15) is 0 Å². The highest BCUT2D eigenvalue weighted by atomic mass is 16.6. The van der Waals surface area contributed by atoms with Gasteiger partial charge in [0.2, 0.25) is 6.10 Å². The lowest BCUT2D eigenvalue weighted by atomic mass is 10.1. The summed E-state index contributed by atoms with van der Waals surface area (Å²) in [6.45, 7) is 1.50. The molecule has 0 radical (unpaired) electrons. The number of rotatable bonds is 5. The largest absolute Gasteiger partial charge is 0.474 e. The monoisotopic (exact) mass is 284 g/mol. The zero-order valence-corrected chi connectivity index (χ0v) is 11.9. The molecule has 0 fully saturated rings. The molecule has 0 aromatic heterocycles. The van der Waals surface area contributed by atoms with Crippen molar-refractivity contribution in [3.8, 4) is 5.75 Å². The fourth-order valence-electron chi connectivity index (χ4n) is 1.89. The number of benzene rings is 2. The molecule has 0 amide bonds. The summed E-state index contributed by atoms with van der Waals surface area (Å²) in [6.07, 6.45) is -0.834. The summed E-state index contributed by atoms with van der Waals surface area (Å²) in [5.41, 5.74) is 1.30. The molecule has 4 nitrogen and oxygen atoms in total. The van der Waals surface area contributed by atoms with Crippen molar-refractivity contribution in [2.24, 2.45) is 0 Å². The molecule has 0 spiro atoms. The van der Waals surface area contributed by atoms with Crippen LogP contribution in [-0.2, 0) is 9.53 Å². The molecule has 0 bridgehead atoms. The van der Waals surface area contributed by atoms with Crippen LogP contribution in [0.4, 0.5) is 0 Å². The lowest BCUT2D eigenvalue weighted by Crippen LogP contribution is -2.20. The van der Waals surface area contributed by atoms with Gasteiger partial charge in [-0.1, -0.05) is 30.3 Å². The van der Waals surface area contributed by atoms with E-state index in [1.807, 2.05) is 18.2 Å². The number of hydrogen-bond donors (Lipinski definition) is 0. The van der Waals surface area contributed by atoms with E-state index in [0.29, 0.717) is 16.9 Å². The van der Waals surface area contributed by atoms with Crippen molar-refractivity contribution >= 4 is 11.8 Å². The molecular formula is C17H16O4. The quantitative estimate of drug-likeness (QED) is 0.625. The Balaban J connectivity index is 2.23. The second-order valence-electron chi connectivity index (χ2n) is 4.51. The third-order valence-electron chi connectivity index (χ3n) is 3.03. The van der Waals surface area contributed by atoms with Crippen LogP contribution in [0.5, 0.6) is 5.75 Å². The SMILES string of the molecule is COC(=O)C(Oc1ccc(C(C)=O)cc1)c1ccccc1. The van der Waals surface area contributed by atoms with E-state index < -0.39 is 12.1 Å². The van der Waals surface area contributed by atoms with Crippen LogP contribution in [0.1, 0.15) is 28.9 Å². The molecule has 2 aromatic carbocycles. The Morgan fingerprint density at radius 3 is 2.10 bits per heavy atom. The van der Waals surface area contributed by atoms with Gasteiger partial charge in [-0.05, 0) is 31.2 Å². The number of esters is 1. The number of hydrogen-bond acceptors (Lipinski definition) is 4. The molecule has 4 heteroatoms. The van der Waals surface area contributed by atoms with Crippen molar-refractivity contribution in [2.45, 2.75) is 13.0 Å². The molecule has 1 atom stereocenters. The van der Waals surface area contributed by atoms with Crippen LogP contribution in [0, 0.1) is 0 Å². The minimum absolute atomic E-state index is 0.0193. The fraction of sp³-hybridized carbons (Fsp3) is 0.176. The number of carbonyl (C=O) groups is 2. The maximum Gasteiger partial charge on any atom is 0.351 e. The van der Waals surface area contributed by atoms with Gasteiger partial charge in [-0.3, -0.25) is 4.79 Å². The number of ether oxygens (including phenoxy) is 2. The maximum absolute atomic E-state index is 11.9. The lowest BCUT2D eigenvalue weighted by molar-refractivity contribution is -0.149. The minimum Gasteiger partial charge on any atom is -0.474 e. The zero-order chi connectivity index (χ0) is 15.2. The highest BCUT2D eigenvalue weighted by molar-refractivity contribution is 5.94. The van der Waals surface area contributed by atoms with Crippen molar-refractivity contribution in [1.82, 2.24) is 0 Å². The van der Waals surface area contributed by atoms with E-state index in [2.05, 4.69) is 0 Å². The summed E-state index contributed by atoms with van der Waals surface area (Å²) in [6, 6.07) is 15.8. The summed E-state index contributed by atoms with van der Waals surface area (Å²) >= 11 is 0.